The summed E-state index contributed by atoms with van der Waals surface area (Å²) >= 11 is 0. The molecule has 0 aliphatic heterocycles. The van der Waals surface area contributed by atoms with Crippen molar-refractivity contribution in [2.45, 2.75) is 32.8 Å². The zero-order valence-electron chi connectivity index (χ0n) is 8.30. The van der Waals surface area contributed by atoms with Gasteiger partial charge >= 0.3 is 0 Å². The topological polar surface area (TPSA) is 23.5 Å². The highest BCUT2D eigenvalue weighted by atomic mass is 16.3. The fourth-order valence-corrected chi connectivity index (χ4v) is 0.988. The molecule has 0 aliphatic carbocycles. The zero-order chi connectivity index (χ0) is 9.61. The van der Waals surface area contributed by atoms with Gasteiger partial charge in [-0.05, 0) is 26.4 Å². The second kappa shape index (κ2) is 5.18. The minimum atomic E-state index is -0.942. The first-order chi connectivity index (χ1) is 5.55. The molecule has 0 saturated heterocycles. The molecule has 2 nitrogen and oxygen atoms in total. The SMILES string of the molecule is C#CC(C)(O)CCN(CC)CC. The predicted octanol–water partition coefficient (Wildman–Crippen LogP) is 1.10. The third kappa shape index (κ3) is 4.38. The summed E-state index contributed by atoms with van der Waals surface area (Å²) < 4.78 is 0. The monoisotopic (exact) mass is 169 g/mol. The largest absolute Gasteiger partial charge is 0.378 e. The normalized spacial score (nSPS) is 15.7. The second-order valence-electron chi connectivity index (χ2n) is 3.20. The summed E-state index contributed by atoms with van der Waals surface area (Å²) in [6.45, 7) is 8.77. The van der Waals surface area contributed by atoms with E-state index in [0.29, 0.717) is 6.42 Å². The molecule has 1 atom stereocenters. The molecule has 12 heavy (non-hydrogen) atoms. The van der Waals surface area contributed by atoms with Crippen LogP contribution in [-0.2, 0) is 0 Å². The molecular formula is C10H19NO. The van der Waals surface area contributed by atoms with Crippen molar-refractivity contribution in [1.82, 2.24) is 4.90 Å². The Morgan fingerprint density at radius 2 is 1.92 bits per heavy atom. The molecule has 0 rings (SSSR count). The van der Waals surface area contributed by atoms with E-state index in [0.717, 1.165) is 19.6 Å². The van der Waals surface area contributed by atoms with E-state index in [9.17, 15) is 5.11 Å². The molecule has 1 unspecified atom stereocenters. The smallest absolute Gasteiger partial charge is 0.123 e. The number of hydrogen-bond donors (Lipinski definition) is 1. The summed E-state index contributed by atoms with van der Waals surface area (Å²) in [4.78, 5) is 2.24. The number of aliphatic hydroxyl groups is 1. The van der Waals surface area contributed by atoms with Crippen molar-refractivity contribution in [3.05, 3.63) is 0 Å². The van der Waals surface area contributed by atoms with E-state index in [-0.39, 0.29) is 0 Å². The lowest BCUT2D eigenvalue weighted by Gasteiger charge is -2.22. The lowest BCUT2D eigenvalue weighted by molar-refractivity contribution is 0.0967. The maximum Gasteiger partial charge on any atom is 0.123 e. The van der Waals surface area contributed by atoms with Crippen LogP contribution in [0.5, 0.6) is 0 Å². The molecule has 0 radical (unpaired) electrons. The lowest BCUT2D eigenvalue weighted by Crippen LogP contribution is -2.31. The van der Waals surface area contributed by atoms with Crippen molar-refractivity contribution in [3.63, 3.8) is 0 Å². The molecule has 0 aromatic carbocycles. The Hall–Kier alpha value is -0.520. The summed E-state index contributed by atoms with van der Waals surface area (Å²) in [5.74, 6) is 2.37. The molecule has 2 heteroatoms. The van der Waals surface area contributed by atoms with Crippen LogP contribution in [0, 0.1) is 12.3 Å². The number of nitrogens with zero attached hydrogens (tertiary/aromatic N) is 1. The van der Waals surface area contributed by atoms with Crippen LogP contribution >= 0.6 is 0 Å². The van der Waals surface area contributed by atoms with E-state index in [4.69, 9.17) is 6.42 Å². The zero-order valence-corrected chi connectivity index (χ0v) is 8.30. The van der Waals surface area contributed by atoms with Gasteiger partial charge in [-0.15, -0.1) is 6.42 Å². The van der Waals surface area contributed by atoms with Crippen LogP contribution in [0.25, 0.3) is 0 Å². The maximum absolute atomic E-state index is 9.50. The molecule has 0 fully saturated rings. The Bertz CT molecular complexity index is 154. The van der Waals surface area contributed by atoms with Gasteiger partial charge in [-0.2, -0.15) is 0 Å². The lowest BCUT2D eigenvalue weighted by atomic mass is 10.0. The van der Waals surface area contributed by atoms with Gasteiger partial charge in [0.05, 0.1) is 0 Å². The van der Waals surface area contributed by atoms with E-state index < -0.39 is 5.60 Å². The average Bonchev–Trinajstić information content (AvgIpc) is 2.06. The number of terminal acetylenes is 1. The van der Waals surface area contributed by atoms with Gasteiger partial charge < -0.3 is 10.0 Å². The van der Waals surface area contributed by atoms with E-state index in [1.54, 1.807) is 6.92 Å². The first-order valence-corrected chi connectivity index (χ1v) is 4.48. The van der Waals surface area contributed by atoms with Crippen LogP contribution in [0.4, 0.5) is 0 Å². The van der Waals surface area contributed by atoms with Gasteiger partial charge in [-0.25, -0.2) is 0 Å². The fraction of sp³-hybridized carbons (Fsp3) is 0.800. The molecule has 1 N–H and O–H groups in total. The van der Waals surface area contributed by atoms with Gasteiger partial charge in [0, 0.05) is 6.54 Å². The van der Waals surface area contributed by atoms with Crippen LogP contribution < -0.4 is 0 Å². The molecule has 0 bridgehead atoms. The first-order valence-electron chi connectivity index (χ1n) is 4.48. The molecule has 0 amide bonds. The summed E-state index contributed by atoms with van der Waals surface area (Å²) in [6, 6.07) is 0. The van der Waals surface area contributed by atoms with Crippen LogP contribution in [0.2, 0.25) is 0 Å². The van der Waals surface area contributed by atoms with Gasteiger partial charge in [0.25, 0.3) is 0 Å². The minimum absolute atomic E-state index is 0.644. The third-order valence-electron chi connectivity index (χ3n) is 2.12. The first kappa shape index (κ1) is 11.5. The quantitative estimate of drug-likeness (QED) is 0.623. The molecule has 0 aliphatic rings. The van der Waals surface area contributed by atoms with Crippen LogP contribution in [0.3, 0.4) is 0 Å². The van der Waals surface area contributed by atoms with Gasteiger partial charge in [-0.3, -0.25) is 0 Å². The number of hydrogen-bond acceptors (Lipinski definition) is 2. The molecule has 0 aromatic rings. The van der Waals surface area contributed by atoms with Gasteiger partial charge in [0.1, 0.15) is 5.60 Å². The highest BCUT2D eigenvalue weighted by Crippen LogP contribution is 2.07. The average molecular weight is 169 g/mol. The highest BCUT2D eigenvalue weighted by Gasteiger charge is 2.16. The Labute approximate surface area is 75.6 Å². The van der Waals surface area contributed by atoms with E-state index in [2.05, 4.69) is 24.7 Å². The van der Waals surface area contributed by atoms with Crippen LogP contribution in [-0.4, -0.2) is 35.2 Å². The van der Waals surface area contributed by atoms with E-state index >= 15 is 0 Å². The van der Waals surface area contributed by atoms with Crippen molar-refractivity contribution in [1.29, 1.82) is 0 Å². The van der Waals surface area contributed by atoms with Crippen LogP contribution in [0.1, 0.15) is 27.2 Å². The third-order valence-corrected chi connectivity index (χ3v) is 2.12. The van der Waals surface area contributed by atoms with Crippen molar-refractivity contribution < 1.29 is 5.11 Å². The summed E-state index contributed by atoms with van der Waals surface area (Å²) in [6.07, 6.45) is 5.80. The molecule has 0 spiro atoms. The predicted molar refractivity (Wildman–Crippen MR) is 51.9 cm³/mol. The minimum Gasteiger partial charge on any atom is -0.378 e. The van der Waals surface area contributed by atoms with Gasteiger partial charge in [0.15, 0.2) is 0 Å². The van der Waals surface area contributed by atoms with E-state index in [1.807, 2.05) is 0 Å². The van der Waals surface area contributed by atoms with Crippen molar-refractivity contribution in [3.8, 4) is 12.3 Å². The van der Waals surface area contributed by atoms with Crippen LogP contribution in [0.15, 0.2) is 0 Å². The van der Waals surface area contributed by atoms with Gasteiger partial charge in [-0.1, -0.05) is 19.8 Å². The molecule has 70 valence electrons. The second-order valence-corrected chi connectivity index (χ2v) is 3.20. The van der Waals surface area contributed by atoms with Crippen molar-refractivity contribution in [2.24, 2.45) is 0 Å². The fourth-order valence-electron chi connectivity index (χ4n) is 0.988. The number of rotatable bonds is 5. The Morgan fingerprint density at radius 1 is 1.42 bits per heavy atom. The molecule has 0 heterocycles. The standard InChI is InChI=1S/C10H19NO/c1-5-10(4,12)8-9-11(6-2)7-3/h1,12H,6-9H2,2-4H3. The molecule has 0 saturated carbocycles. The maximum atomic E-state index is 9.50. The van der Waals surface area contributed by atoms with E-state index in [1.165, 1.54) is 0 Å². The Kier molecular flexibility index (Phi) is 4.96. The highest BCUT2D eigenvalue weighted by molar-refractivity contribution is 5.04. The van der Waals surface area contributed by atoms with Gasteiger partial charge in [0.2, 0.25) is 0 Å². The summed E-state index contributed by atoms with van der Waals surface area (Å²) in [5, 5.41) is 9.50. The van der Waals surface area contributed by atoms with Crippen molar-refractivity contribution in [2.75, 3.05) is 19.6 Å². The molecule has 0 aromatic heterocycles. The summed E-state index contributed by atoms with van der Waals surface area (Å²) in [5.41, 5.74) is -0.942. The Balaban J connectivity index is 3.75. The van der Waals surface area contributed by atoms with Crippen molar-refractivity contribution >= 4 is 0 Å². The summed E-state index contributed by atoms with van der Waals surface area (Å²) in [7, 11) is 0. The molecular weight excluding hydrogens is 150 g/mol. The Morgan fingerprint density at radius 3 is 2.25 bits per heavy atom.